The first-order valence-electron chi connectivity index (χ1n) is 6.98. The molecule has 0 bridgehead atoms. The first kappa shape index (κ1) is 15.5. The Morgan fingerprint density at radius 3 is 2.67 bits per heavy atom. The van der Waals surface area contributed by atoms with Gasteiger partial charge in [0, 0.05) is 22.8 Å². The topological polar surface area (TPSA) is 41.1 Å². The van der Waals surface area contributed by atoms with Gasteiger partial charge in [-0.05, 0) is 48.9 Å². The molecule has 21 heavy (non-hydrogen) atoms. The van der Waals surface area contributed by atoms with E-state index in [-0.39, 0.29) is 5.91 Å². The van der Waals surface area contributed by atoms with E-state index in [1.54, 1.807) is 18.2 Å². The third kappa shape index (κ3) is 4.06. The second kappa shape index (κ2) is 7.25. The maximum atomic E-state index is 12.4. The van der Waals surface area contributed by atoms with E-state index in [9.17, 15) is 4.79 Å². The van der Waals surface area contributed by atoms with E-state index in [0.29, 0.717) is 10.6 Å². The summed E-state index contributed by atoms with van der Waals surface area (Å²) in [6.07, 6.45) is 0. The molecule has 0 fully saturated rings. The number of hydrogen-bond donors (Lipinski definition) is 2. The number of anilines is 1. The highest BCUT2D eigenvalue weighted by atomic mass is 35.5. The van der Waals surface area contributed by atoms with Crippen molar-refractivity contribution >= 4 is 23.2 Å². The normalized spacial score (nSPS) is 10.4. The lowest BCUT2D eigenvalue weighted by atomic mass is 10.1. The molecular weight excluding hydrogens is 284 g/mol. The Labute approximate surface area is 130 Å². The molecule has 2 N–H and O–H groups in total. The van der Waals surface area contributed by atoms with Crippen molar-refractivity contribution in [1.82, 2.24) is 5.32 Å². The lowest BCUT2D eigenvalue weighted by Gasteiger charge is -2.12. The molecule has 0 spiro atoms. The van der Waals surface area contributed by atoms with Gasteiger partial charge in [-0.2, -0.15) is 0 Å². The summed E-state index contributed by atoms with van der Waals surface area (Å²) in [6, 6.07) is 13.1. The Balaban J connectivity index is 2.19. The largest absolute Gasteiger partial charge is 0.322 e. The van der Waals surface area contributed by atoms with E-state index in [4.69, 9.17) is 11.6 Å². The van der Waals surface area contributed by atoms with Crippen molar-refractivity contribution in [2.24, 2.45) is 0 Å². The smallest absolute Gasteiger partial charge is 0.255 e. The van der Waals surface area contributed by atoms with Gasteiger partial charge in [0.1, 0.15) is 0 Å². The molecule has 0 aliphatic carbocycles. The van der Waals surface area contributed by atoms with Gasteiger partial charge < -0.3 is 10.6 Å². The van der Waals surface area contributed by atoms with Crippen LogP contribution in [0, 0.1) is 6.92 Å². The Bertz CT molecular complexity index is 640. The SMILES string of the molecule is CCNCc1ccccc1NC(=O)c1ccc(Cl)cc1C. The van der Waals surface area contributed by atoms with Gasteiger partial charge in [-0.3, -0.25) is 4.79 Å². The summed E-state index contributed by atoms with van der Waals surface area (Å²) in [7, 11) is 0. The maximum Gasteiger partial charge on any atom is 0.255 e. The number of para-hydroxylation sites is 1. The Morgan fingerprint density at radius 1 is 1.19 bits per heavy atom. The number of benzene rings is 2. The summed E-state index contributed by atoms with van der Waals surface area (Å²) in [5, 5.41) is 6.88. The van der Waals surface area contributed by atoms with Crippen LogP contribution in [0.4, 0.5) is 5.69 Å². The zero-order valence-corrected chi connectivity index (χ0v) is 13.0. The van der Waals surface area contributed by atoms with Crippen molar-refractivity contribution < 1.29 is 4.79 Å². The van der Waals surface area contributed by atoms with Crippen molar-refractivity contribution in [3.63, 3.8) is 0 Å². The van der Waals surface area contributed by atoms with Crippen LogP contribution in [0.1, 0.15) is 28.4 Å². The standard InChI is InChI=1S/C17H19ClN2O/c1-3-19-11-13-6-4-5-7-16(13)20-17(21)15-9-8-14(18)10-12(15)2/h4-10,19H,3,11H2,1-2H3,(H,20,21). The summed E-state index contributed by atoms with van der Waals surface area (Å²) in [4.78, 5) is 12.4. The van der Waals surface area contributed by atoms with Crippen molar-refractivity contribution in [3.05, 3.63) is 64.2 Å². The van der Waals surface area contributed by atoms with E-state index in [1.807, 2.05) is 31.2 Å². The second-order valence-corrected chi connectivity index (χ2v) is 5.29. The highest BCUT2D eigenvalue weighted by Crippen LogP contribution is 2.19. The molecule has 0 aliphatic heterocycles. The first-order valence-corrected chi connectivity index (χ1v) is 7.35. The minimum Gasteiger partial charge on any atom is -0.322 e. The van der Waals surface area contributed by atoms with E-state index in [2.05, 4.69) is 17.6 Å². The molecule has 0 saturated heterocycles. The Kier molecular flexibility index (Phi) is 5.37. The number of rotatable bonds is 5. The zero-order valence-electron chi connectivity index (χ0n) is 12.2. The van der Waals surface area contributed by atoms with Crippen molar-refractivity contribution in [2.45, 2.75) is 20.4 Å². The average Bonchev–Trinajstić information content (AvgIpc) is 2.46. The number of carbonyl (C=O) groups is 1. The maximum absolute atomic E-state index is 12.4. The molecule has 0 aromatic heterocycles. The molecule has 0 aliphatic rings. The van der Waals surface area contributed by atoms with E-state index in [1.165, 1.54) is 0 Å². The minimum absolute atomic E-state index is 0.117. The van der Waals surface area contributed by atoms with E-state index < -0.39 is 0 Å². The molecule has 110 valence electrons. The van der Waals surface area contributed by atoms with Crippen molar-refractivity contribution in [3.8, 4) is 0 Å². The van der Waals surface area contributed by atoms with Crippen LogP contribution in [0.3, 0.4) is 0 Å². The molecule has 1 amide bonds. The van der Waals surface area contributed by atoms with Crippen LogP contribution < -0.4 is 10.6 Å². The van der Waals surface area contributed by atoms with E-state index >= 15 is 0 Å². The van der Waals surface area contributed by atoms with Crippen LogP contribution in [-0.4, -0.2) is 12.5 Å². The number of carbonyl (C=O) groups excluding carboxylic acids is 1. The van der Waals surface area contributed by atoms with Gasteiger partial charge in [-0.15, -0.1) is 0 Å². The predicted octanol–water partition coefficient (Wildman–Crippen LogP) is 4.01. The number of aryl methyl sites for hydroxylation is 1. The fourth-order valence-corrected chi connectivity index (χ4v) is 2.35. The van der Waals surface area contributed by atoms with Gasteiger partial charge >= 0.3 is 0 Å². The molecule has 0 radical (unpaired) electrons. The van der Waals surface area contributed by atoms with Crippen LogP contribution in [0.2, 0.25) is 5.02 Å². The van der Waals surface area contributed by atoms with Gasteiger partial charge in [0.15, 0.2) is 0 Å². The lowest BCUT2D eigenvalue weighted by molar-refractivity contribution is 0.102. The highest BCUT2D eigenvalue weighted by Gasteiger charge is 2.11. The molecule has 2 aromatic rings. The minimum atomic E-state index is -0.117. The zero-order chi connectivity index (χ0) is 15.2. The van der Waals surface area contributed by atoms with Crippen molar-refractivity contribution in [1.29, 1.82) is 0 Å². The Hall–Kier alpha value is -1.84. The molecule has 0 saturated carbocycles. The summed E-state index contributed by atoms with van der Waals surface area (Å²) in [5.74, 6) is -0.117. The summed E-state index contributed by atoms with van der Waals surface area (Å²) in [5.41, 5.74) is 3.40. The van der Waals surface area contributed by atoms with Crippen LogP contribution >= 0.6 is 11.6 Å². The van der Waals surface area contributed by atoms with Crippen LogP contribution in [0.25, 0.3) is 0 Å². The predicted molar refractivity (Wildman–Crippen MR) is 88.0 cm³/mol. The quantitative estimate of drug-likeness (QED) is 0.876. The molecule has 0 unspecified atom stereocenters. The third-order valence-electron chi connectivity index (χ3n) is 3.26. The molecule has 2 rings (SSSR count). The van der Waals surface area contributed by atoms with Crippen LogP contribution in [-0.2, 0) is 6.54 Å². The lowest BCUT2D eigenvalue weighted by Crippen LogP contribution is -2.17. The Morgan fingerprint density at radius 2 is 1.95 bits per heavy atom. The summed E-state index contributed by atoms with van der Waals surface area (Å²) in [6.45, 7) is 5.55. The molecule has 4 heteroatoms. The number of nitrogens with one attached hydrogen (secondary N) is 2. The fraction of sp³-hybridized carbons (Fsp3) is 0.235. The van der Waals surface area contributed by atoms with Crippen molar-refractivity contribution in [2.75, 3.05) is 11.9 Å². The van der Waals surface area contributed by atoms with Crippen LogP contribution in [0.15, 0.2) is 42.5 Å². The average molecular weight is 303 g/mol. The molecule has 3 nitrogen and oxygen atoms in total. The molecule has 2 aromatic carbocycles. The summed E-state index contributed by atoms with van der Waals surface area (Å²) < 4.78 is 0. The van der Waals surface area contributed by atoms with Gasteiger partial charge in [0.25, 0.3) is 5.91 Å². The second-order valence-electron chi connectivity index (χ2n) is 4.85. The third-order valence-corrected chi connectivity index (χ3v) is 3.50. The first-order chi connectivity index (χ1) is 10.1. The molecule has 0 heterocycles. The summed E-state index contributed by atoms with van der Waals surface area (Å²) >= 11 is 5.92. The number of amides is 1. The molecular formula is C17H19ClN2O. The van der Waals surface area contributed by atoms with Crippen LogP contribution in [0.5, 0.6) is 0 Å². The monoisotopic (exact) mass is 302 g/mol. The van der Waals surface area contributed by atoms with Gasteiger partial charge in [-0.25, -0.2) is 0 Å². The number of halogens is 1. The number of hydrogen-bond acceptors (Lipinski definition) is 2. The van der Waals surface area contributed by atoms with E-state index in [0.717, 1.165) is 29.9 Å². The highest BCUT2D eigenvalue weighted by molar-refractivity contribution is 6.30. The van der Waals surface area contributed by atoms with Gasteiger partial charge in [0.05, 0.1) is 0 Å². The van der Waals surface area contributed by atoms with Gasteiger partial charge in [-0.1, -0.05) is 36.7 Å². The van der Waals surface area contributed by atoms with Gasteiger partial charge in [0.2, 0.25) is 0 Å². The molecule has 0 atom stereocenters. The fourth-order valence-electron chi connectivity index (χ4n) is 2.13.